The van der Waals surface area contributed by atoms with Crippen LogP contribution >= 0.6 is 0 Å². The van der Waals surface area contributed by atoms with Crippen LogP contribution in [0.25, 0.3) is 0 Å². The quantitative estimate of drug-likeness (QED) is 0.670. The van der Waals surface area contributed by atoms with Crippen molar-refractivity contribution < 1.29 is 19.4 Å². The van der Waals surface area contributed by atoms with E-state index in [0.29, 0.717) is 26.2 Å². The summed E-state index contributed by atoms with van der Waals surface area (Å²) < 4.78 is 5.41. The fourth-order valence-corrected chi connectivity index (χ4v) is 1.82. The first kappa shape index (κ1) is 13.9. The van der Waals surface area contributed by atoms with Crippen LogP contribution in [-0.2, 0) is 14.3 Å². The first-order chi connectivity index (χ1) is 8.00. The highest BCUT2D eigenvalue weighted by molar-refractivity contribution is 5.86. The van der Waals surface area contributed by atoms with Gasteiger partial charge in [0.1, 0.15) is 0 Å². The Labute approximate surface area is 101 Å². The van der Waals surface area contributed by atoms with E-state index in [1.165, 1.54) is 0 Å². The molecule has 0 saturated carbocycles. The molecule has 0 spiro atoms. The van der Waals surface area contributed by atoms with Crippen molar-refractivity contribution in [2.75, 3.05) is 26.2 Å². The van der Waals surface area contributed by atoms with E-state index in [1.54, 1.807) is 0 Å². The number of ether oxygens (including phenoxy) is 1. The number of amides is 1. The van der Waals surface area contributed by atoms with Gasteiger partial charge in [-0.1, -0.05) is 0 Å². The molecule has 1 amide bonds. The van der Waals surface area contributed by atoms with Gasteiger partial charge in [-0.2, -0.15) is 0 Å². The van der Waals surface area contributed by atoms with Crippen LogP contribution in [0.15, 0.2) is 0 Å². The third-order valence-electron chi connectivity index (χ3n) is 2.64. The van der Waals surface area contributed by atoms with Gasteiger partial charge >= 0.3 is 5.97 Å². The van der Waals surface area contributed by atoms with Gasteiger partial charge in [-0.3, -0.25) is 14.5 Å². The molecule has 0 aliphatic carbocycles. The molecule has 0 aromatic rings. The van der Waals surface area contributed by atoms with Gasteiger partial charge in [0.05, 0.1) is 25.2 Å². The minimum Gasteiger partial charge on any atom is -0.481 e. The predicted octanol–water partition coefficient (Wildman–Crippen LogP) is -0.313. The minimum atomic E-state index is -0.957. The lowest BCUT2D eigenvalue weighted by Gasteiger charge is -2.34. The lowest BCUT2D eigenvalue weighted by Crippen LogP contribution is -2.56. The van der Waals surface area contributed by atoms with Crippen molar-refractivity contribution in [1.29, 1.82) is 0 Å². The Morgan fingerprint density at radius 3 is 2.94 bits per heavy atom. The molecule has 1 rings (SSSR count). The molecule has 1 fully saturated rings. The average molecular weight is 244 g/mol. The summed E-state index contributed by atoms with van der Waals surface area (Å²) in [5.74, 6) is -1.16. The second kappa shape index (κ2) is 6.56. The largest absolute Gasteiger partial charge is 0.481 e. The number of hydrogen-bond donors (Lipinski definition) is 2. The molecule has 1 heterocycles. The Balaban J connectivity index is 2.47. The van der Waals surface area contributed by atoms with Crippen molar-refractivity contribution >= 4 is 11.9 Å². The summed E-state index contributed by atoms with van der Waals surface area (Å²) in [4.78, 5) is 24.2. The summed E-state index contributed by atoms with van der Waals surface area (Å²) in [6.07, 6.45) is -0.0143. The van der Waals surface area contributed by atoms with E-state index in [9.17, 15) is 9.59 Å². The molecule has 17 heavy (non-hydrogen) atoms. The first-order valence-corrected chi connectivity index (χ1v) is 5.86. The van der Waals surface area contributed by atoms with Gasteiger partial charge < -0.3 is 15.2 Å². The highest BCUT2D eigenvalue weighted by Gasteiger charge is 2.31. The van der Waals surface area contributed by atoms with E-state index in [1.807, 2.05) is 18.7 Å². The Hall–Kier alpha value is -1.14. The molecule has 0 aromatic carbocycles. The molecule has 1 saturated heterocycles. The van der Waals surface area contributed by atoms with E-state index < -0.39 is 12.0 Å². The number of carboxylic acids is 1. The smallest absolute Gasteiger partial charge is 0.305 e. The van der Waals surface area contributed by atoms with Crippen molar-refractivity contribution in [2.24, 2.45) is 0 Å². The maximum Gasteiger partial charge on any atom is 0.305 e. The lowest BCUT2D eigenvalue weighted by atomic mass is 10.1. The zero-order valence-electron chi connectivity index (χ0n) is 10.3. The summed E-state index contributed by atoms with van der Waals surface area (Å²) in [6.45, 7) is 6.22. The normalized spacial score (nSPS) is 21.6. The number of carbonyl (C=O) groups excluding carboxylic acids is 1. The van der Waals surface area contributed by atoms with Crippen LogP contribution < -0.4 is 5.32 Å². The number of nitrogens with zero attached hydrogens (tertiary/aromatic N) is 1. The maximum atomic E-state index is 11.6. The molecular weight excluding hydrogens is 224 g/mol. The molecule has 2 N–H and O–H groups in total. The number of aliphatic carboxylic acids is 1. The second-order valence-corrected chi connectivity index (χ2v) is 4.36. The van der Waals surface area contributed by atoms with Crippen molar-refractivity contribution in [1.82, 2.24) is 10.2 Å². The van der Waals surface area contributed by atoms with Gasteiger partial charge in [0.25, 0.3) is 0 Å². The second-order valence-electron chi connectivity index (χ2n) is 4.36. The highest BCUT2D eigenvalue weighted by Crippen LogP contribution is 2.08. The van der Waals surface area contributed by atoms with Crippen LogP contribution in [-0.4, -0.2) is 60.3 Å². The maximum absolute atomic E-state index is 11.6. The molecule has 6 nitrogen and oxygen atoms in total. The number of piperazine rings is 1. The Bertz CT molecular complexity index is 281. The summed E-state index contributed by atoms with van der Waals surface area (Å²) >= 11 is 0. The van der Waals surface area contributed by atoms with Crippen molar-refractivity contribution in [3.8, 4) is 0 Å². The van der Waals surface area contributed by atoms with Gasteiger partial charge in [-0.15, -0.1) is 0 Å². The minimum absolute atomic E-state index is 0.145. The third kappa shape index (κ3) is 4.70. The summed E-state index contributed by atoms with van der Waals surface area (Å²) in [5, 5.41) is 11.5. The standard InChI is InChI=1S/C11H20N2O4/c1-8(2)17-6-5-13-4-3-12-11(16)9(13)7-10(14)15/h8-9H,3-7H2,1-2H3,(H,12,16)(H,14,15). The fraction of sp³-hybridized carbons (Fsp3) is 0.818. The molecule has 0 bridgehead atoms. The molecule has 1 aliphatic heterocycles. The van der Waals surface area contributed by atoms with Crippen molar-refractivity contribution in [3.05, 3.63) is 0 Å². The average Bonchev–Trinajstić information content (AvgIpc) is 2.22. The first-order valence-electron chi connectivity index (χ1n) is 5.86. The summed E-state index contributed by atoms with van der Waals surface area (Å²) in [6, 6.07) is -0.572. The molecule has 0 aromatic heterocycles. The third-order valence-corrected chi connectivity index (χ3v) is 2.64. The van der Waals surface area contributed by atoms with E-state index in [4.69, 9.17) is 9.84 Å². The summed E-state index contributed by atoms with van der Waals surface area (Å²) in [5.41, 5.74) is 0. The number of hydrogen-bond acceptors (Lipinski definition) is 4. The molecule has 1 atom stereocenters. The van der Waals surface area contributed by atoms with Gasteiger partial charge in [-0.25, -0.2) is 0 Å². The van der Waals surface area contributed by atoms with Crippen LogP contribution in [0.5, 0.6) is 0 Å². The molecular formula is C11H20N2O4. The Morgan fingerprint density at radius 2 is 2.35 bits per heavy atom. The van der Waals surface area contributed by atoms with Gasteiger partial charge in [0.2, 0.25) is 5.91 Å². The molecule has 98 valence electrons. The van der Waals surface area contributed by atoms with E-state index in [2.05, 4.69) is 5.32 Å². The van der Waals surface area contributed by atoms with Crippen molar-refractivity contribution in [3.63, 3.8) is 0 Å². The van der Waals surface area contributed by atoms with E-state index >= 15 is 0 Å². The van der Waals surface area contributed by atoms with Crippen LogP contribution in [0.3, 0.4) is 0 Å². The van der Waals surface area contributed by atoms with Gasteiger partial charge in [0, 0.05) is 19.6 Å². The number of carboxylic acid groups (broad SMARTS) is 1. The van der Waals surface area contributed by atoms with Crippen LogP contribution in [0.4, 0.5) is 0 Å². The van der Waals surface area contributed by atoms with E-state index in [0.717, 1.165) is 0 Å². The number of nitrogens with one attached hydrogen (secondary N) is 1. The number of carbonyl (C=O) groups is 2. The molecule has 1 aliphatic rings. The molecule has 6 heteroatoms. The van der Waals surface area contributed by atoms with Gasteiger partial charge in [-0.05, 0) is 13.8 Å². The number of rotatable bonds is 6. The zero-order chi connectivity index (χ0) is 12.8. The van der Waals surface area contributed by atoms with Gasteiger partial charge in [0.15, 0.2) is 0 Å². The van der Waals surface area contributed by atoms with E-state index in [-0.39, 0.29) is 18.4 Å². The van der Waals surface area contributed by atoms with Crippen LogP contribution in [0.1, 0.15) is 20.3 Å². The SMILES string of the molecule is CC(C)OCCN1CCNC(=O)C1CC(=O)O. The Morgan fingerprint density at radius 1 is 1.65 bits per heavy atom. The molecule has 1 unspecified atom stereocenters. The summed E-state index contributed by atoms with van der Waals surface area (Å²) in [7, 11) is 0. The Kier molecular flexibility index (Phi) is 5.37. The predicted molar refractivity (Wildman–Crippen MR) is 61.7 cm³/mol. The zero-order valence-corrected chi connectivity index (χ0v) is 10.3. The highest BCUT2D eigenvalue weighted by atomic mass is 16.5. The van der Waals surface area contributed by atoms with Crippen molar-refractivity contribution in [2.45, 2.75) is 32.4 Å². The topological polar surface area (TPSA) is 78.9 Å². The van der Waals surface area contributed by atoms with Crippen LogP contribution in [0.2, 0.25) is 0 Å². The lowest BCUT2D eigenvalue weighted by molar-refractivity contribution is -0.143. The monoisotopic (exact) mass is 244 g/mol. The van der Waals surface area contributed by atoms with Crippen LogP contribution in [0, 0.1) is 0 Å². The molecule has 0 radical (unpaired) electrons. The fourth-order valence-electron chi connectivity index (χ4n) is 1.82.